The Hall–Kier alpha value is -1.77. The van der Waals surface area contributed by atoms with Crippen LogP contribution in [0.1, 0.15) is 24.5 Å². The van der Waals surface area contributed by atoms with Crippen LogP contribution in [0, 0.1) is 13.8 Å². The van der Waals surface area contributed by atoms with Crippen molar-refractivity contribution in [2.24, 2.45) is 0 Å². The molecular formula is C13H15NO2. The van der Waals surface area contributed by atoms with Crippen LogP contribution in [0.2, 0.25) is 0 Å². The molecule has 84 valence electrons. The molecule has 0 fully saturated rings. The normalized spacial score (nSPS) is 10.7. The first-order valence-corrected chi connectivity index (χ1v) is 5.41. The van der Waals surface area contributed by atoms with Crippen LogP contribution in [0.5, 0.6) is 5.75 Å². The molecule has 1 heterocycles. The highest BCUT2D eigenvalue weighted by molar-refractivity contribution is 5.91. The minimum atomic E-state index is -0.208. The standard InChI is InChI=1S/C13H15NO2/c1-4-12(15)16-11-7-14-10-6-8(2)5-9(3)13(10)11/h5-7,14H,4H2,1-3H3. The van der Waals surface area contributed by atoms with E-state index in [9.17, 15) is 4.79 Å². The molecule has 0 aliphatic rings. The van der Waals surface area contributed by atoms with E-state index in [0.29, 0.717) is 12.2 Å². The van der Waals surface area contributed by atoms with Crippen molar-refractivity contribution in [3.63, 3.8) is 0 Å². The minimum Gasteiger partial charge on any atom is -0.424 e. The van der Waals surface area contributed by atoms with Gasteiger partial charge < -0.3 is 9.72 Å². The number of H-pyrrole nitrogens is 1. The molecule has 0 spiro atoms. The van der Waals surface area contributed by atoms with E-state index in [0.717, 1.165) is 16.5 Å². The summed E-state index contributed by atoms with van der Waals surface area (Å²) in [7, 11) is 0. The summed E-state index contributed by atoms with van der Waals surface area (Å²) in [6, 6.07) is 4.13. The molecule has 3 nitrogen and oxygen atoms in total. The predicted molar refractivity (Wildman–Crippen MR) is 63.7 cm³/mol. The third-order valence-corrected chi connectivity index (χ3v) is 2.60. The predicted octanol–water partition coefficient (Wildman–Crippen LogP) is 3.10. The molecule has 0 bridgehead atoms. The lowest BCUT2D eigenvalue weighted by molar-refractivity contribution is -0.133. The Morgan fingerprint density at radius 3 is 2.81 bits per heavy atom. The van der Waals surface area contributed by atoms with E-state index in [4.69, 9.17) is 4.74 Å². The lowest BCUT2D eigenvalue weighted by Gasteiger charge is -2.03. The van der Waals surface area contributed by atoms with Crippen molar-refractivity contribution in [1.29, 1.82) is 0 Å². The molecular weight excluding hydrogens is 202 g/mol. The molecule has 2 aromatic rings. The van der Waals surface area contributed by atoms with E-state index in [1.54, 1.807) is 13.1 Å². The first-order chi connectivity index (χ1) is 7.61. The number of carbonyl (C=O) groups excluding carboxylic acids is 1. The monoisotopic (exact) mass is 217 g/mol. The van der Waals surface area contributed by atoms with Crippen LogP contribution in [0.25, 0.3) is 10.9 Å². The average Bonchev–Trinajstić information content (AvgIpc) is 2.61. The maximum Gasteiger partial charge on any atom is 0.310 e. The van der Waals surface area contributed by atoms with Crippen molar-refractivity contribution >= 4 is 16.9 Å². The molecule has 3 heteroatoms. The molecule has 0 aliphatic heterocycles. The molecule has 0 unspecified atom stereocenters. The van der Waals surface area contributed by atoms with Crippen molar-refractivity contribution in [1.82, 2.24) is 4.98 Å². The summed E-state index contributed by atoms with van der Waals surface area (Å²) in [6.45, 7) is 5.85. The van der Waals surface area contributed by atoms with Gasteiger partial charge in [-0.05, 0) is 31.0 Å². The van der Waals surface area contributed by atoms with E-state index < -0.39 is 0 Å². The number of ether oxygens (including phenoxy) is 1. The third kappa shape index (κ3) is 1.81. The molecule has 2 rings (SSSR count). The zero-order chi connectivity index (χ0) is 11.7. The van der Waals surface area contributed by atoms with Gasteiger partial charge >= 0.3 is 5.97 Å². The Balaban J connectivity index is 2.52. The summed E-state index contributed by atoms with van der Waals surface area (Å²) >= 11 is 0. The fourth-order valence-corrected chi connectivity index (χ4v) is 1.90. The van der Waals surface area contributed by atoms with Crippen LogP contribution < -0.4 is 4.74 Å². The average molecular weight is 217 g/mol. The topological polar surface area (TPSA) is 42.1 Å². The van der Waals surface area contributed by atoms with Gasteiger partial charge in [0, 0.05) is 23.5 Å². The van der Waals surface area contributed by atoms with Crippen molar-refractivity contribution < 1.29 is 9.53 Å². The smallest absolute Gasteiger partial charge is 0.310 e. The zero-order valence-electron chi connectivity index (χ0n) is 9.76. The second-order valence-corrected chi connectivity index (χ2v) is 3.98. The number of esters is 1. The van der Waals surface area contributed by atoms with Crippen LogP contribution in [-0.4, -0.2) is 11.0 Å². The minimum absolute atomic E-state index is 0.208. The molecule has 1 N–H and O–H groups in total. The van der Waals surface area contributed by atoms with Crippen molar-refractivity contribution in [2.45, 2.75) is 27.2 Å². The van der Waals surface area contributed by atoms with Gasteiger partial charge in [0.1, 0.15) is 0 Å². The number of nitrogens with one attached hydrogen (secondary N) is 1. The number of benzene rings is 1. The van der Waals surface area contributed by atoms with Gasteiger partial charge in [0.15, 0.2) is 5.75 Å². The molecule has 0 amide bonds. The van der Waals surface area contributed by atoms with Crippen LogP contribution in [0.4, 0.5) is 0 Å². The molecule has 16 heavy (non-hydrogen) atoms. The number of carbonyl (C=O) groups is 1. The van der Waals surface area contributed by atoms with Gasteiger partial charge in [0.25, 0.3) is 0 Å². The van der Waals surface area contributed by atoms with E-state index in [-0.39, 0.29) is 5.97 Å². The third-order valence-electron chi connectivity index (χ3n) is 2.60. The van der Waals surface area contributed by atoms with Gasteiger partial charge in [0.05, 0.1) is 0 Å². The zero-order valence-corrected chi connectivity index (χ0v) is 9.76. The number of fused-ring (bicyclic) bond motifs is 1. The number of hydrogen-bond acceptors (Lipinski definition) is 2. The second kappa shape index (κ2) is 4.00. The van der Waals surface area contributed by atoms with Crippen LogP contribution in [0.15, 0.2) is 18.3 Å². The van der Waals surface area contributed by atoms with Crippen molar-refractivity contribution in [3.8, 4) is 5.75 Å². The summed E-state index contributed by atoms with van der Waals surface area (Å²) in [4.78, 5) is 14.4. The molecule has 0 radical (unpaired) electrons. The summed E-state index contributed by atoms with van der Waals surface area (Å²) < 4.78 is 5.27. The highest BCUT2D eigenvalue weighted by Gasteiger charge is 2.10. The van der Waals surface area contributed by atoms with Gasteiger partial charge in [-0.2, -0.15) is 0 Å². The number of aryl methyl sites for hydroxylation is 2. The lowest BCUT2D eigenvalue weighted by atomic mass is 10.1. The Labute approximate surface area is 94.4 Å². The first kappa shape index (κ1) is 10.7. The van der Waals surface area contributed by atoms with E-state index >= 15 is 0 Å². The fourth-order valence-electron chi connectivity index (χ4n) is 1.90. The quantitative estimate of drug-likeness (QED) is 0.785. The summed E-state index contributed by atoms with van der Waals surface area (Å²) in [6.07, 6.45) is 2.13. The number of hydrogen-bond donors (Lipinski definition) is 1. The SMILES string of the molecule is CCC(=O)Oc1c[nH]c2cc(C)cc(C)c12. The Morgan fingerprint density at radius 2 is 2.12 bits per heavy atom. The van der Waals surface area contributed by atoms with E-state index in [2.05, 4.69) is 11.1 Å². The second-order valence-electron chi connectivity index (χ2n) is 3.98. The number of aromatic amines is 1. The molecule has 0 atom stereocenters. The molecule has 1 aromatic heterocycles. The number of aromatic nitrogens is 1. The molecule has 0 saturated carbocycles. The molecule has 1 aromatic carbocycles. The first-order valence-electron chi connectivity index (χ1n) is 5.41. The van der Waals surface area contributed by atoms with Gasteiger partial charge in [-0.3, -0.25) is 4.79 Å². The maximum atomic E-state index is 11.3. The summed E-state index contributed by atoms with van der Waals surface area (Å²) in [5.74, 6) is 0.417. The van der Waals surface area contributed by atoms with Crippen LogP contribution in [0.3, 0.4) is 0 Å². The van der Waals surface area contributed by atoms with E-state index in [1.165, 1.54) is 5.56 Å². The Kier molecular flexibility index (Phi) is 2.69. The number of rotatable bonds is 2. The van der Waals surface area contributed by atoms with Crippen molar-refractivity contribution in [2.75, 3.05) is 0 Å². The van der Waals surface area contributed by atoms with E-state index in [1.807, 2.05) is 19.9 Å². The lowest BCUT2D eigenvalue weighted by Crippen LogP contribution is -2.05. The highest BCUT2D eigenvalue weighted by atomic mass is 16.5. The van der Waals surface area contributed by atoms with Crippen LogP contribution >= 0.6 is 0 Å². The van der Waals surface area contributed by atoms with Gasteiger partial charge in [-0.25, -0.2) is 0 Å². The Bertz CT molecular complexity index is 540. The fraction of sp³-hybridized carbons (Fsp3) is 0.308. The maximum absolute atomic E-state index is 11.3. The van der Waals surface area contributed by atoms with Crippen LogP contribution in [-0.2, 0) is 4.79 Å². The summed E-state index contributed by atoms with van der Waals surface area (Å²) in [5, 5.41) is 0.993. The largest absolute Gasteiger partial charge is 0.424 e. The summed E-state index contributed by atoms with van der Waals surface area (Å²) in [5.41, 5.74) is 3.33. The van der Waals surface area contributed by atoms with Gasteiger partial charge in [-0.1, -0.05) is 13.0 Å². The highest BCUT2D eigenvalue weighted by Crippen LogP contribution is 2.29. The molecule has 0 saturated heterocycles. The van der Waals surface area contributed by atoms with Crippen molar-refractivity contribution in [3.05, 3.63) is 29.5 Å². The van der Waals surface area contributed by atoms with Gasteiger partial charge in [-0.15, -0.1) is 0 Å². The molecule has 0 aliphatic carbocycles. The Morgan fingerprint density at radius 1 is 1.38 bits per heavy atom. The van der Waals surface area contributed by atoms with Gasteiger partial charge in [0.2, 0.25) is 0 Å².